The van der Waals surface area contributed by atoms with Gasteiger partial charge in [-0.2, -0.15) is 0 Å². The summed E-state index contributed by atoms with van der Waals surface area (Å²) in [5.74, 6) is 4.48. The molecule has 0 spiro atoms. The van der Waals surface area contributed by atoms with Crippen LogP contribution >= 0.6 is 11.3 Å². The van der Waals surface area contributed by atoms with Crippen molar-refractivity contribution in [2.75, 3.05) is 6.54 Å². The molecule has 0 fully saturated rings. The van der Waals surface area contributed by atoms with E-state index in [4.69, 9.17) is 5.73 Å². The van der Waals surface area contributed by atoms with Gasteiger partial charge in [0.1, 0.15) is 0 Å². The van der Waals surface area contributed by atoms with Crippen molar-refractivity contribution < 1.29 is 15.0 Å². The monoisotopic (exact) mass is 302 g/mol. The molecule has 1 heterocycles. The van der Waals surface area contributed by atoms with E-state index < -0.39 is 11.7 Å². The Bertz CT molecular complexity index is 713. The molecule has 0 bridgehead atoms. The third-order valence-corrected chi connectivity index (χ3v) is 3.66. The van der Waals surface area contributed by atoms with Crippen LogP contribution in [-0.2, 0) is 6.54 Å². The number of nitrogens with one attached hydrogen (secondary N) is 1. The average molecular weight is 302 g/mol. The van der Waals surface area contributed by atoms with E-state index in [1.54, 1.807) is 0 Å². The van der Waals surface area contributed by atoms with Gasteiger partial charge in [-0.15, -0.1) is 11.3 Å². The maximum Gasteiger partial charge on any atom is 0.255 e. The van der Waals surface area contributed by atoms with Crippen LogP contribution in [0.4, 0.5) is 0 Å². The highest BCUT2D eigenvalue weighted by Gasteiger charge is 2.14. The summed E-state index contributed by atoms with van der Waals surface area (Å²) in [5, 5.41) is 23.6. The molecule has 0 aliphatic carbocycles. The molecule has 1 aromatic heterocycles. The number of amides is 1. The highest BCUT2D eigenvalue weighted by Crippen LogP contribution is 2.28. The van der Waals surface area contributed by atoms with Crippen LogP contribution < -0.4 is 11.1 Å². The van der Waals surface area contributed by atoms with Crippen LogP contribution in [-0.4, -0.2) is 22.7 Å². The predicted octanol–water partition coefficient (Wildman–Crippen LogP) is 1.40. The topological polar surface area (TPSA) is 95.6 Å². The van der Waals surface area contributed by atoms with Crippen molar-refractivity contribution >= 4 is 17.2 Å². The number of benzene rings is 1. The van der Waals surface area contributed by atoms with Gasteiger partial charge in [-0.1, -0.05) is 17.9 Å². The van der Waals surface area contributed by atoms with Crippen molar-refractivity contribution in [3.8, 4) is 23.3 Å². The molecule has 0 aliphatic heterocycles. The maximum absolute atomic E-state index is 12.0. The Labute approximate surface area is 126 Å². The summed E-state index contributed by atoms with van der Waals surface area (Å²) < 4.78 is 0. The van der Waals surface area contributed by atoms with Crippen LogP contribution in [0, 0.1) is 11.8 Å². The lowest BCUT2D eigenvalue weighted by Crippen LogP contribution is -2.22. The normalized spacial score (nSPS) is 9.76. The van der Waals surface area contributed by atoms with Crippen LogP contribution in [0.5, 0.6) is 11.5 Å². The molecular weight excluding hydrogens is 288 g/mol. The first-order valence-corrected chi connectivity index (χ1v) is 7.06. The molecule has 5 N–H and O–H groups in total. The molecule has 0 saturated heterocycles. The first-order valence-electron chi connectivity index (χ1n) is 6.18. The zero-order valence-corrected chi connectivity index (χ0v) is 11.9. The molecule has 2 rings (SSSR count). The van der Waals surface area contributed by atoms with E-state index in [1.807, 2.05) is 11.4 Å². The average Bonchev–Trinajstić information content (AvgIpc) is 2.93. The van der Waals surface area contributed by atoms with E-state index in [9.17, 15) is 15.0 Å². The van der Waals surface area contributed by atoms with Crippen molar-refractivity contribution in [1.82, 2.24) is 5.32 Å². The van der Waals surface area contributed by atoms with Gasteiger partial charge in [0.15, 0.2) is 11.5 Å². The van der Waals surface area contributed by atoms with Crippen molar-refractivity contribution in [2.24, 2.45) is 5.73 Å². The smallest absolute Gasteiger partial charge is 0.255 e. The number of para-hydroxylation sites is 1. The molecule has 21 heavy (non-hydrogen) atoms. The number of phenols is 2. The summed E-state index contributed by atoms with van der Waals surface area (Å²) in [6.45, 7) is 0.568. The minimum absolute atomic E-state index is 0.0288. The number of rotatable bonds is 3. The van der Waals surface area contributed by atoms with E-state index in [0.717, 1.165) is 10.4 Å². The number of carbonyl (C=O) groups excluding carboxylic acids is 1. The fraction of sp³-hybridized carbons (Fsp3) is 0.133. The highest BCUT2D eigenvalue weighted by atomic mass is 32.1. The van der Waals surface area contributed by atoms with E-state index in [-0.39, 0.29) is 17.9 Å². The highest BCUT2D eigenvalue weighted by molar-refractivity contribution is 7.10. The molecular formula is C15H14N2O3S. The first-order chi connectivity index (χ1) is 10.1. The Balaban J connectivity index is 2.08. The zero-order valence-electron chi connectivity index (χ0n) is 11.1. The number of thiophene rings is 1. The van der Waals surface area contributed by atoms with Gasteiger partial charge in [0.05, 0.1) is 18.7 Å². The van der Waals surface area contributed by atoms with Crippen LogP contribution in [0.15, 0.2) is 29.6 Å². The fourth-order valence-corrected chi connectivity index (χ4v) is 2.48. The third kappa shape index (κ3) is 3.54. The molecule has 0 unspecified atom stereocenters. The van der Waals surface area contributed by atoms with E-state index >= 15 is 0 Å². The lowest BCUT2D eigenvalue weighted by Gasteiger charge is -2.07. The molecule has 6 heteroatoms. The fourth-order valence-electron chi connectivity index (χ4n) is 1.71. The number of nitrogens with two attached hydrogens (primary N) is 1. The minimum atomic E-state index is -0.463. The number of hydrogen-bond donors (Lipinski definition) is 4. The van der Waals surface area contributed by atoms with Crippen LogP contribution in [0.2, 0.25) is 0 Å². The van der Waals surface area contributed by atoms with Crippen molar-refractivity contribution in [1.29, 1.82) is 0 Å². The Hall–Kier alpha value is -2.49. The van der Waals surface area contributed by atoms with Crippen molar-refractivity contribution in [3.05, 3.63) is 45.6 Å². The second-order valence-electron chi connectivity index (χ2n) is 4.12. The van der Waals surface area contributed by atoms with Gasteiger partial charge in [-0.3, -0.25) is 4.79 Å². The minimum Gasteiger partial charge on any atom is -0.504 e. The number of carbonyl (C=O) groups is 1. The number of phenolic OH excluding ortho intramolecular Hbond substituents is 2. The Morgan fingerprint density at radius 3 is 2.90 bits per heavy atom. The SMILES string of the molecule is NCC#Cc1ccsc1CNC(=O)c1cccc(O)c1O. The second kappa shape index (κ2) is 6.79. The van der Waals surface area contributed by atoms with Gasteiger partial charge in [-0.05, 0) is 23.6 Å². The molecule has 5 nitrogen and oxygen atoms in total. The lowest BCUT2D eigenvalue weighted by atomic mass is 10.1. The molecule has 0 atom stereocenters. The summed E-state index contributed by atoms with van der Waals surface area (Å²) in [6, 6.07) is 6.10. The van der Waals surface area contributed by atoms with Crippen LogP contribution in [0.1, 0.15) is 20.8 Å². The quantitative estimate of drug-likeness (QED) is 0.509. The van der Waals surface area contributed by atoms with E-state index in [0.29, 0.717) is 6.54 Å². The second-order valence-corrected chi connectivity index (χ2v) is 5.12. The van der Waals surface area contributed by atoms with E-state index in [2.05, 4.69) is 17.2 Å². The summed E-state index contributed by atoms with van der Waals surface area (Å²) >= 11 is 1.47. The van der Waals surface area contributed by atoms with Gasteiger partial charge in [0.25, 0.3) is 5.91 Å². The number of hydrogen-bond acceptors (Lipinski definition) is 5. The maximum atomic E-state index is 12.0. The van der Waals surface area contributed by atoms with Crippen LogP contribution in [0.3, 0.4) is 0 Å². The standard InChI is InChI=1S/C15H14N2O3S/c16-7-2-3-10-6-8-21-13(10)9-17-15(20)11-4-1-5-12(18)14(11)19/h1,4-6,8,18-19H,7,9,16H2,(H,17,20). The Kier molecular flexibility index (Phi) is 4.82. The zero-order chi connectivity index (χ0) is 15.2. The summed E-state index contributed by atoms with van der Waals surface area (Å²) in [6.07, 6.45) is 0. The van der Waals surface area contributed by atoms with E-state index in [1.165, 1.54) is 29.5 Å². The molecule has 1 aromatic carbocycles. The van der Waals surface area contributed by atoms with Crippen molar-refractivity contribution in [3.63, 3.8) is 0 Å². The Morgan fingerprint density at radius 1 is 1.33 bits per heavy atom. The largest absolute Gasteiger partial charge is 0.504 e. The summed E-state index contributed by atoms with van der Waals surface area (Å²) in [4.78, 5) is 12.9. The molecule has 1 amide bonds. The van der Waals surface area contributed by atoms with Gasteiger partial charge in [-0.25, -0.2) is 0 Å². The molecule has 0 saturated carbocycles. The van der Waals surface area contributed by atoms with Crippen molar-refractivity contribution in [2.45, 2.75) is 6.54 Å². The Morgan fingerprint density at radius 2 is 2.14 bits per heavy atom. The van der Waals surface area contributed by atoms with Gasteiger partial charge in [0, 0.05) is 10.4 Å². The summed E-state index contributed by atoms with van der Waals surface area (Å²) in [5.41, 5.74) is 6.19. The first kappa shape index (κ1) is 14.9. The molecule has 2 aromatic rings. The third-order valence-electron chi connectivity index (χ3n) is 2.74. The van der Waals surface area contributed by atoms with Gasteiger partial charge >= 0.3 is 0 Å². The van der Waals surface area contributed by atoms with Crippen LogP contribution in [0.25, 0.3) is 0 Å². The predicted molar refractivity (Wildman–Crippen MR) is 81.2 cm³/mol. The van der Waals surface area contributed by atoms with Gasteiger partial charge < -0.3 is 21.3 Å². The molecule has 0 radical (unpaired) electrons. The molecule has 0 aliphatic rings. The molecule has 108 valence electrons. The van der Waals surface area contributed by atoms with Gasteiger partial charge in [0.2, 0.25) is 0 Å². The summed E-state index contributed by atoms with van der Waals surface area (Å²) in [7, 11) is 0. The lowest BCUT2D eigenvalue weighted by molar-refractivity contribution is 0.0948. The number of aromatic hydroxyl groups is 2.